The molecule has 3 N–H and O–H groups in total. The highest BCUT2D eigenvalue weighted by molar-refractivity contribution is 6.31. The number of aliphatic hydroxyl groups excluding tert-OH is 1. The van der Waals surface area contributed by atoms with E-state index in [2.05, 4.69) is 20.9 Å². The minimum Gasteiger partial charge on any atom is -0.387 e. The van der Waals surface area contributed by atoms with Crippen molar-refractivity contribution in [3.63, 3.8) is 0 Å². The van der Waals surface area contributed by atoms with Crippen molar-refractivity contribution >= 4 is 17.5 Å². The van der Waals surface area contributed by atoms with Crippen LogP contribution in [0.2, 0.25) is 5.02 Å². The summed E-state index contributed by atoms with van der Waals surface area (Å²) in [5.41, 5.74) is 1.63. The topological polar surface area (TPSA) is 92.1 Å². The average molecular weight is 364 g/mol. The van der Waals surface area contributed by atoms with Crippen LogP contribution in [0.25, 0.3) is 0 Å². The van der Waals surface area contributed by atoms with E-state index in [1.807, 2.05) is 11.6 Å². The third-order valence-corrected chi connectivity index (χ3v) is 4.86. The summed E-state index contributed by atoms with van der Waals surface area (Å²) in [6.45, 7) is 3.79. The van der Waals surface area contributed by atoms with Gasteiger partial charge in [-0.1, -0.05) is 35.0 Å². The molecule has 1 aliphatic heterocycles. The number of carbonyl (C=O) groups is 1. The standard InChI is InChI=1S/C17H22ClN5O2/c1-11-16(21-22-23(11)12-6-8-19-9-7-12)17(25)20-10-15(24)13-4-2-3-5-14(13)18/h2-5,12,15,19,24H,6-10H2,1H3,(H,20,25). The second-order valence-corrected chi connectivity index (χ2v) is 6.60. The number of aliphatic hydroxyl groups is 1. The Hall–Kier alpha value is -1.96. The predicted molar refractivity (Wildman–Crippen MR) is 94.6 cm³/mol. The van der Waals surface area contributed by atoms with Crippen molar-refractivity contribution in [2.45, 2.75) is 31.9 Å². The van der Waals surface area contributed by atoms with Gasteiger partial charge in [0.25, 0.3) is 5.91 Å². The maximum atomic E-state index is 12.4. The molecule has 0 saturated carbocycles. The number of benzene rings is 1. The number of carbonyl (C=O) groups excluding carboxylic acids is 1. The van der Waals surface area contributed by atoms with Gasteiger partial charge in [0.2, 0.25) is 0 Å². The molecule has 0 spiro atoms. The molecule has 2 heterocycles. The van der Waals surface area contributed by atoms with Gasteiger partial charge in [0.05, 0.1) is 17.8 Å². The maximum absolute atomic E-state index is 12.4. The maximum Gasteiger partial charge on any atom is 0.273 e. The third-order valence-electron chi connectivity index (χ3n) is 4.52. The van der Waals surface area contributed by atoms with Crippen LogP contribution in [-0.4, -0.2) is 45.6 Å². The molecule has 1 unspecified atom stereocenters. The lowest BCUT2D eigenvalue weighted by atomic mass is 10.1. The van der Waals surface area contributed by atoms with E-state index in [0.717, 1.165) is 31.6 Å². The lowest BCUT2D eigenvalue weighted by Crippen LogP contribution is -2.31. The fourth-order valence-corrected chi connectivity index (χ4v) is 3.34. The Kier molecular flexibility index (Phi) is 5.67. The predicted octanol–water partition coefficient (Wildman–Crippen LogP) is 1.63. The zero-order valence-corrected chi connectivity index (χ0v) is 14.8. The molecule has 2 aromatic rings. The van der Waals surface area contributed by atoms with Crippen LogP contribution in [0.5, 0.6) is 0 Å². The first kappa shape index (κ1) is 17.8. The summed E-state index contributed by atoms with van der Waals surface area (Å²) in [6, 6.07) is 7.29. The van der Waals surface area contributed by atoms with Crippen LogP contribution in [0.4, 0.5) is 0 Å². The molecule has 1 aromatic heterocycles. The van der Waals surface area contributed by atoms with E-state index in [4.69, 9.17) is 11.6 Å². The Morgan fingerprint density at radius 3 is 2.88 bits per heavy atom. The Morgan fingerprint density at radius 2 is 2.16 bits per heavy atom. The zero-order chi connectivity index (χ0) is 17.8. The average Bonchev–Trinajstić information content (AvgIpc) is 3.02. The lowest BCUT2D eigenvalue weighted by molar-refractivity contribution is 0.0910. The first-order chi connectivity index (χ1) is 12.1. The summed E-state index contributed by atoms with van der Waals surface area (Å²) < 4.78 is 1.83. The Morgan fingerprint density at radius 1 is 1.44 bits per heavy atom. The van der Waals surface area contributed by atoms with Gasteiger partial charge in [0, 0.05) is 17.1 Å². The van der Waals surface area contributed by atoms with Crippen molar-refractivity contribution in [1.82, 2.24) is 25.6 Å². The molecule has 1 aliphatic rings. The minimum atomic E-state index is -0.877. The van der Waals surface area contributed by atoms with Gasteiger partial charge in [-0.15, -0.1) is 5.10 Å². The number of halogens is 1. The summed E-state index contributed by atoms with van der Waals surface area (Å²) in [5, 5.41) is 24.9. The van der Waals surface area contributed by atoms with Crippen molar-refractivity contribution < 1.29 is 9.90 Å². The molecule has 134 valence electrons. The van der Waals surface area contributed by atoms with Crippen molar-refractivity contribution in [1.29, 1.82) is 0 Å². The van der Waals surface area contributed by atoms with E-state index in [0.29, 0.717) is 16.3 Å². The molecule has 25 heavy (non-hydrogen) atoms. The highest BCUT2D eigenvalue weighted by atomic mass is 35.5. The number of amides is 1. The highest BCUT2D eigenvalue weighted by Crippen LogP contribution is 2.22. The van der Waals surface area contributed by atoms with Gasteiger partial charge in [-0.05, 0) is 38.9 Å². The van der Waals surface area contributed by atoms with Gasteiger partial charge in [0.1, 0.15) is 0 Å². The molecule has 3 rings (SSSR count). The largest absolute Gasteiger partial charge is 0.387 e. The smallest absolute Gasteiger partial charge is 0.273 e. The van der Waals surface area contributed by atoms with Crippen LogP contribution in [0.1, 0.15) is 46.7 Å². The first-order valence-corrected chi connectivity index (χ1v) is 8.79. The molecule has 7 nitrogen and oxygen atoms in total. The number of aromatic nitrogens is 3. The SMILES string of the molecule is Cc1c(C(=O)NCC(O)c2ccccc2Cl)nnn1C1CCNCC1. The van der Waals surface area contributed by atoms with Crippen molar-refractivity contribution in [2.24, 2.45) is 0 Å². The molecular formula is C17H22ClN5O2. The number of nitrogens with one attached hydrogen (secondary N) is 2. The van der Waals surface area contributed by atoms with Gasteiger partial charge >= 0.3 is 0 Å². The quantitative estimate of drug-likeness (QED) is 0.751. The number of piperidine rings is 1. The van der Waals surface area contributed by atoms with Crippen LogP contribution in [0, 0.1) is 6.92 Å². The first-order valence-electron chi connectivity index (χ1n) is 8.41. The fourth-order valence-electron chi connectivity index (χ4n) is 3.08. The summed E-state index contributed by atoms with van der Waals surface area (Å²) in [4.78, 5) is 12.4. The molecular weight excluding hydrogens is 342 g/mol. The van der Waals surface area contributed by atoms with Crippen molar-refractivity contribution in [2.75, 3.05) is 19.6 Å². The minimum absolute atomic E-state index is 0.0578. The normalized spacial score (nSPS) is 16.6. The molecule has 1 saturated heterocycles. The molecule has 0 radical (unpaired) electrons. The molecule has 1 atom stereocenters. The van der Waals surface area contributed by atoms with Crippen molar-refractivity contribution in [3.8, 4) is 0 Å². The van der Waals surface area contributed by atoms with Gasteiger partial charge < -0.3 is 15.7 Å². The summed E-state index contributed by atoms with van der Waals surface area (Å²) in [5.74, 6) is -0.344. The summed E-state index contributed by atoms with van der Waals surface area (Å²) in [7, 11) is 0. The van der Waals surface area contributed by atoms with Crippen molar-refractivity contribution in [3.05, 3.63) is 46.2 Å². The van der Waals surface area contributed by atoms with E-state index >= 15 is 0 Å². The lowest BCUT2D eigenvalue weighted by Gasteiger charge is -2.23. The number of hydrogen-bond donors (Lipinski definition) is 3. The zero-order valence-electron chi connectivity index (χ0n) is 14.1. The third kappa shape index (κ3) is 4.00. The molecule has 1 amide bonds. The molecule has 0 bridgehead atoms. The van der Waals surface area contributed by atoms with Gasteiger partial charge in [0.15, 0.2) is 5.69 Å². The number of hydrogen-bond acceptors (Lipinski definition) is 5. The molecule has 1 fully saturated rings. The Balaban J connectivity index is 1.64. The summed E-state index contributed by atoms with van der Waals surface area (Å²) in [6.07, 6.45) is 1.06. The van der Waals surface area contributed by atoms with Crippen LogP contribution in [0.3, 0.4) is 0 Å². The van der Waals surface area contributed by atoms with E-state index in [9.17, 15) is 9.90 Å². The van der Waals surface area contributed by atoms with E-state index in [-0.39, 0.29) is 18.5 Å². The van der Waals surface area contributed by atoms with E-state index in [1.54, 1.807) is 24.3 Å². The number of rotatable bonds is 5. The molecule has 0 aliphatic carbocycles. The van der Waals surface area contributed by atoms with E-state index < -0.39 is 6.10 Å². The highest BCUT2D eigenvalue weighted by Gasteiger charge is 2.23. The number of nitrogens with zero attached hydrogens (tertiary/aromatic N) is 3. The van der Waals surface area contributed by atoms with Gasteiger partial charge in [-0.2, -0.15) is 0 Å². The fraction of sp³-hybridized carbons (Fsp3) is 0.471. The monoisotopic (exact) mass is 363 g/mol. The molecule has 1 aromatic carbocycles. The molecule has 8 heteroatoms. The summed E-state index contributed by atoms with van der Waals surface area (Å²) >= 11 is 6.06. The van der Waals surface area contributed by atoms with E-state index in [1.165, 1.54) is 0 Å². The second-order valence-electron chi connectivity index (χ2n) is 6.20. The van der Waals surface area contributed by atoms with Crippen LogP contribution in [0.15, 0.2) is 24.3 Å². The second kappa shape index (κ2) is 7.95. The Labute approximate surface area is 151 Å². The van der Waals surface area contributed by atoms with Gasteiger partial charge in [-0.25, -0.2) is 4.68 Å². The van der Waals surface area contributed by atoms with Crippen LogP contribution >= 0.6 is 11.6 Å². The van der Waals surface area contributed by atoms with Crippen LogP contribution in [-0.2, 0) is 0 Å². The Bertz CT molecular complexity index is 742. The van der Waals surface area contributed by atoms with Gasteiger partial charge in [-0.3, -0.25) is 4.79 Å². The van der Waals surface area contributed by atoms with Crippen LogP contribution < -0.4 is 10.6 Å².